The Labute approximate surface area is 134 Å². The van der Waals surface area contributed by atoms with Gasteiger partial charge in [0.2, 0.25) is 0 Å². The highest BCUT2D eigenvalue weighted by Gasteiger charge is 2.21. The number of carboxylic acids is 1. The number of carboxylic acid groups (broad SMARTS) is 1. The number of nitrogens with two attached hydrogens (primary N) is 2. The summed E-state index contributed by atoms with van der Waals surface area (Å²) in [5, 5.41) is 8.62. The summed E-state index contributed by atoms with van der Waals surface area (Å²) in [7, 11) is -3.87. The molecule has 0 aliphatic rings. The molecule has 128 valence electrons. The predicted molar refractivity (Wildman–Crippen MR) is 87.3 cm³/mol. The van der Waals surface area contributed by atoms with Gasteiger partial charge in [0.15, 0.2) is 0 Å². The highest BCUT2D eigenvalue weighted by molar-refractivity contribution is 7.53. The Hall–Kier alpha value is -1.73. The molecule has 9 heteroatoms. The molecule has 8 nitrogen and oxygen atoms in total. The molecule has 1 rings (SSSR count). The second-order valence-electron chi connectivity index (χ2n) is 5.01. The van der Waals surface area contributed by atoms with Crippen LogP contribution < -0.4 is 11.5 Å². The van der Waals surface area contributed by atoms with Crippen molar-refractivity contribution in [3.8, 4) is 0 Å². The van der Waals surface area contributed by atoms with Gasteiger partial charge < -0.3 is 26.0 Å². The maximum absolute atomic E-state index is 11.9. The Morgan fingerprint density at radius 1 is 1.35 bits per heavy atom. The number of amidine groups is 1. The first-order valence-corrected chi connectivity index (χ1v) is 8.84. The van der Waals surface area contributed by atoms with Gasteiger partial charge in [-0.25, -0.2) is 0 Å². The highest BCUT2D eigenvalue weighted by atomic mass is 31.2. The molecule has 1 unspecified atom stereocenters. The Morgan fingerprint density at radius 3 is 2.61 bits per heavy atom. The van der Waals surface area contributed by atoms with E-state index in [1.807, 2.05) is 6.07 Å². The van der Waals surface area contributed by atoms with Crippen LogP contribution in [0.25, 0.3) is 0 Å². The standard InChI is InChI=1S/C14H22N3O5P/c15-12(14(18)19)7-4-8-17-13(16)10-23(20,21)22-9-11-5-2-1-3-6-11/h1-3,5-6,12H,4,7-10,15H2,(H2,16,17)(H,18,19)(H,20,21)/t12-/m0/s1. The maximum Gasteiger partial charge on any atom is 0.335 e. The average molecular weight is 343 g/mol. The third-order valence-electron chi connectivity index (χ3n) is 2.94. The van der Waals surface area contributed by atoms with Gasteiger partial charge in [-0.15, -0.1) is 0 Å². The van der Waals surface area contributed by atoms with E-state index >= 15 is 0 Å². The molecule has 0 bridgehead atoms. The number of aliphatic imine (C=N–C) groups is 1. The van der Waals surface area contributed by atoms with Crippen molar-refractivity contribution in [2.45, 2.75) is 25.5 Å². The van der Waals surface area contributed by atoms with Gasteiger partial charge in [-0.05, 0) is 18.4 Å². The van der Waals surface area contributed by atoms with Crippen molar-refractivity contribution in [2.75, 3.05) is 12.7 Å². The molecule has 0 aliphatic carbocycles. The van der Waals surface area contributed by atoms with Gasteiger partial charge in [-0.3, -0.25) is 14.4 Å². The van der Waals surface area contributed by atoms with E-state index in [0.717, 1.165) is 5.56 Å². The fraction of sp³-hybridized carbons (Fsp3) is 0.429. The second-order valence-corrected chi connectivity index (χ2v) is 6.86. The zero-order chi connectivity index (χ0) is 17.3. The van der Waals surface area contributed by atoms with Crippen LogP contribution in [0.5, 0.6) is 0 Å². The van der Waals surface area contributed by atoms with Crippen molar-refractivity contribution in [3.63, 3.8) is 0 Å². The molecule has 0 fully saturated rings. The van der Waals surface area contributed by atoms with Crippen LogP contribution in [0.15, 0.2) is 35.3 Å². The first-order valence-electron chi connectivity index (χ1n) is 7.07. The number of rotatable bonds is 10. The van der Waals surface area contributed by atoms with Gasteiger partial charge in [0, 0.05) is 6.54 Å². The Bertz CT molecular complexity index is 579. The minimum atomic E-state index is -3.87. The van der Waals surface area contributed by atoms with Crippen LogP contribution in [0.2, 0.25) is 0 Å². The van der Waals surface area contributed by atoms with E-state index in [0.29, 0.717) is 6.42 Å². The molecule has 1 aromatic rings. The van der Waals surface area contributed by atoms with Crippen molar-refractivity contribution in [1.82, 2.24) is 0 Å². The maximum atomic E-state index is 11.9. The van der Waals surface area contributed by atoms with Crippen LogP contribution in [-0.4, -0.2) is 40.6 Å². The van der Waals surface area contributed by atoms with Crippen molar-refractivity contribution in [1.29, 1.82) is 0 Å². The highest BCUT2D eigenvalue weighted by Crippen LogP contribution is 2.42. The number of hydrogen-bond acceptors (Lipinski definition) is 5. The number of aliphatic carboxylic acids is 1. The van der Waals surface area contributed by atoms with Crippen LogP contribution in [-0.2, 0) is 20.5 Å². The summed E-state index contributed by atoms with van der Waals surface area (Å²) in [5.74, 6) is -1.08. The Balaban J connectivity index is 2.36. The van der Waals surface area contributed by atoms with Gasteiger partial charge in [0.05, 0.1) is 6.61 Å². The summed E-state index contributed by atoms with van der Waals surface area (Å²) in [5.41, 5.74) is 11.7. The van der Waals surface area contributed by atoms with E-state index in [1.165, 1.54) is 0 Å². The van der Waals surface area contributed by atoms with Crippen LogP contribution in [0, 0.1) is 0 Å². The van der Waals surface area contributed by atoms with E-state index in [1.54, 1.807) is 24.3 Å². The lowest BCUT2D eigenvalue weighted by molar-refractivity contribution is -0.138. The van der Waals surface area contributed by atoms with Crippen LogP contribution in [0.3, 0.4) is 0 Å². The second kappa shape index (κ2) is 9.42. The molecule has 0 amide bonds. The molecule has 0 aromatic heterocycles. The lowest BCUT2D eigenvalue weighted by Gasteiger charge is -2.12. The Kier molecular flexibility index (Phi) is 7.91. The molecular weight excluding hydrogens is 321 g/mol. The smallest absolute Gasteiger partial charge is 0.335 e. The fourth-order valence-corrected chi connectivity index (χ4v) is 2.66. The minimum absolute atomic E-state index is 0.00667. The van der Waals surface area contributed by atoms with E-state index in [-0.39, 0.29) is 31.6 Å². The van der Waals surface area contributed by atoms with Crippen LogP contribution >= 0.6 is 7.60 Å². The van der Waals surface area contributed by atoms with Gasteiger partial charge >= 0.3 is 13.6 Å². The van der Waals surface area contributed by atoms with Gasteiger partial charge in [-0.2, -0.15) is 0 Å². The number of benzene rings is 1. The first kappa shape index (κ1) is 19.3. The van der Waals surface area contributed by atoms with E-state index in [2.05, 4.69) is 4.99 Å². The van der Waals surface area contributed by atoms with Crippen molar-refractivity contribution < 1.29 is 23.9 Å². The quantitative estimate of drug-likeness (QED) is 0.214. The van der Waals surface area contributed by atoms with Crippen molar-refractivity contribution >= 4 is 19.4 Å². The van der Waals surface area contributed by atoms with Gasteiger partial charge in [0.1, 0.15) is 18.0 Å². The SMILES string of the molecule is NC(CP(=O)(O)OCc1ccccc1)=NCCC[C@H](N)C(=O)O. The van der Waals surface area contributed by atoms with Gasteiger partial charge in [-0.1, -0.05) is 30.3 Å². The zero-order valence-electron chi connectivity index (χ0n) is 12.7. The summed E-state index contributed by atoms with van der Waals surface area (Å²) in [6, 6.07) is 8.07. The molecular formula is C14H22N3O5P. The molecule has 0 aliphatic heterocycles. The molecule has 1 aromatic carbocycles. The van der Waals surface area contributed by atoms with E-state index in [4.69, 9.17) is 21.1 Å². The first-order chi connectivity index (χ1) is 10.8. The summed E-state index contributed by atoms with van der Waals surface area (Å²) in [4.78, 5) is 24.2. The molecule has 0 heterocycles. The molecule has 0 saturated carbocycles. The molecule has 2 atom stereocenters. The number of carbonyl (C=O) groups is 1. The summed E-state index contributed by atoms with van der Waals surface area (Å²) in [6.45, 7) is 0.251. The lowest BCUT2D eigenvalue weighted by atomic mass is 10.2. The van der Waals surface area contributed by atoms with Gasteiger partial charge in [0.25, 0.3) is 0 Å². The van der Waals surface area contributed by atoms with Crippen LogP contribution in [0.1, 0.15) is 18.4 Å². The van der Waals surface area contributed by atoms with Crippen LogP contribution in [0.4, 0.5) is 0 Å². The predicted octanol–water partition coefficient (Wildman–Crippen LogP) is 0.938. The topological polar surface area (TPSA) is 148 Å². The number of hydrogen-bond donors (Lipinski definition) is 4. The third-order valence-corrected chi connectivity index (χ3v) is 4.20. The lowest BCUT2D eigenvalue weighted by Crippen LogP contribution is -2.30. The Morgan fingerprint density at radius 2 is 2.00 bits per heavy atom. The normalized spacial score (nSPS) is 15.8. The monoisotopic (exact) mass is 343 g/mol. The van der Waals surface area contributed by atoms with Crippen molar-refractivity contribution in [2.24, 2.45) is 16.5 Å². The summed E-state index contributed by atoms with van der Waals surface area (Å²) < 4.78 is 16.9. The largest absolute Gasteiger partial charge is 0.480 e. The molecule has 0 spiro atoms. The number of nitrogens with zero attached hydrogens (tertiary/aromatic N) is 1. The average Bonchev–Trinajstić information content (AvgIpc) is 2.50. The summed E-state index contributed by atoms with van der Waals surface area (Å²) >= 11 is 0. The molecule has 0 radical (unpaired) electrons. The summed E-state index contributed by atoms with van der Waals surface area (Å²) in [6.07, 6.45) is 0.312. The molecule has 0 saturated heterocycles. The third kappa shape index (κ3) is 8.47. The van der Waals surface area contributed by atoms with Crippen molar-refractivity contribution in [3.05, 3.63) is 35.9 Å². The van der Waals surface area contributed by atoms with E-state index < -0.39 is 19.6 Å². The molecule has 6 N–H and O–H groups in total. The van der Waals surface area contributed by atoms with E-state index in [9.17, 15) is 14.3 Å². The minimum Gasteiger partial charge on any atom is -0.480 e. The fourth-order valence-electron chi connectivity index (χ4n) is 1.71. The zero-order valence-corrected chi connectivity index (χ0v) is 13.6. The molecule has 23 heavy (non-hydrogen) atoms.